The minimum atomic E-state index is -0.859. The van der Waals surface area contributed by atoms with Crippen LogP contribution in [0.15, 0.2) is 24.3 Å². The lowest BCUT2D eigenvalue weighted by atomic mass is 10.00. The first-order chi connectivity index (χ1) is 9.58. The Kier molecular flexibility index (Phi) is 3.22. The standard InChI is InChI=1S/C15H18N2O3/c16-10-6-4-9(5-7-10)13(18)8-17-14(19)11-2-1-3-12(11)15(17)20/h4-7,11-13,18H,1-3,8,16H2. The molecule has 1 saturated heterocycles. The number of fused-ring (bicyclic) bond motifs is 1. The quantitative estimate of drug-likeness (QED) is 0.638. The van der Waals surface area contributed by atoms with Crippen LogP contribution in [0.4, 0.5) is 5.69 Å². The minimum Gasteiger partial charge on any atom is -0.399 e. The Morgan fingerprint density at radius 3 is 2.25 bits per heavy atom. The number of nitrogen functional groups attached to an aromatic ring is 1. The van der Waals surface area contributed by atoms with E-state index in [4.69, 9.17) is 5.73 Å². The van der Waals surface area contributed by atoms with Crippen molar-refractivity contribution in [3.63, 3.8) is 0 Å². The van der Waals surface area contributed by atoms with Crippen LogP contribution < -0.4 is 5.73 Å². The third-order valence-electron chi connectivity index (χ3n) is 4.36. The zero-order valence-electron chi connectivity index (χ0n) is 11.2. The van der Waals surface area contributed by atoms with Gasteiger partial charge in [0, 0.05) is 5.69 Å². The molecule has 0 spiro atoms. The van der Waals surface area contributed by atoms with Gasteiger partial charge in [-0.05, 0) is 30.5 Å². The number of hydrogen-bond donors (Lipinski definition) is 2. The molecule has 0 bridgehead atoms. The molecule has 1 aromatic carbocycles. The fourth-order valence-corrected chi connectivity index (χ4v) is 3.24. The van der Waals surface area contributed by atoms with Crippen LogP contribution in [-0.4, -0.2) is 28.4 Å². The van der Waals surface area contributed by atoms with Crippen LogP contribution in [0, 0.1) is 11.8 Å². The highest BCUT2D eigenvalue weighted by molar-refractivity contribution is 6.05. The van der Waals surface area contributed by atoms with Crippen molar-refractivity contribution >= 4 is 17.5 Å². The molecule has 5 nitrogen and oxygen atoms in total. The van der Waals surface area contributed by atoms with Gasteiger partial charge < -0.3 is 10.8 Å². The molecule has 0 radical (unpaired) electrons. The van der Waals surface area contributed by atoms with Gasteiger partial charge in [-0.1, -0.05) is 18.6 Å². The number of carbonyl (C=O) groups is 2. The number of aliphatic hydroxyl groups is 1. The topological polar surface area (TPSA) is 83.6 Å². The van der Waals surface area contributed by atoms with Crippen molar-refractivity contribution in [3.05, 3.63) is 29.8 Å². The Labute approximate surface area is 117 Å². The molecule has 1 aliphatic carbocycles. The van der Waals surface area contributed by atoms with E-state index in [0.717, 1.165) is 19.3 Å². The SMILES string of the molecule is Nc1ccc(C(O)CN2C(=O)C3CCCC3C2=O)cc1. The second-order valence-corrected chi connectivity index (χ2v) is 5.61. The van der Waals surface area contributed by atoms with E-state index in [1.54, 1.807) is 24.3 Å². The van der Waals surface area contributed by atoms with Gasteiger partial charge in [0.2, 0.25) is 11.8 Å². The molecule has 2 aliphatic rings. The number of nitrogens with two attached hydrogens (primary N) is 1. The number of aliphatic hydroxyl groups excluding tert-OH is 1. The summed E-state index contributed by atoms with van der Waals surface area (Å²) < 4.78 is 0. The Balaban J connectivity index is 1.73. The van der Waals surface area contributed by atoms with Gasteiger partial charge >= 0.3 is 0 Å². The number of amides is 2. The van der Waals surface area contributed by atoms with Crippen LogP contribution >= 0.6 is 0 Å². The molecule has 3 rings (SSSR count). The summed E-state index contributed by atoms with van der Waals surface area (Å²) in [7, 11) is 0. The summed E-state index contributed by atoms with van der Waals surface area (Å²) in [5.74, 6) is -0.541. The predicted molar refractivity (Wildman–Crippen MR) is 73.4 cm³/mol. The van der Waals surface area contributed by atoms with Gasteiger partial charge in [-0.15, -0.1) is 0 Å². The smallest absolute Gasteiger partial charge is 0.233 e. The van der Waals surface area contributed by atoms with Gasteiger partial charge in [-0.3, -0.25) is 14.5 Å². The van der Waals surface area contributed by atoms with Crippen LogP contribution in [0.5, 0.6) is 0 Å². The minimum absolute atomic E-state index is 0.0363. The van der Waals surface area contributed by atoms with Crippen molar-refractivity contribution in [3.8, 4) is 0 Å². The zero-order chi connectivity index (χ0) is 14.3. The number of likely N-dealkylation sites (tertiary alicyclic amines) is 1. The second-order valence-electron chi connectivity index (χ2n) is 5.61. The Bertz CT molecular complexity index is 519. The molecule has 5 heteroatoms. The van der Waals surface area contributed by atoms with Crippen molar-refractivity contribution in [2.75, 3.05) is 12.3 Å². The first-order valence-electron chi connectivity index (χ1n) is 6.96. The van der Waals surface area contributed by atoms with Crippen molar-refractivity contribution in [2.45, 2.75) is 25.4 Å². The Morgan fingerprint density at radius 1 is 1.15 bits per heavy atom. The van der Waals surface area contributed by atoms with E-state index in [2.05, 4.69) is 0 Å². The van der Waals surface area contributed by atoms with E-state index in [-0.39, 0.29) is 30.2 Å². The van der Waals surface area contributed by atoms with Gasteiger partial charge in [-0.25, -0.2) is 0 Å². The summed E-state index contributed by atoms with van der Waals surface area (Å²) in [5.41, 5.74) is 6.87. The highest BCUT2D eigenvalue weighted by atomic mass is 16.3. The van der Waals surface area contributed by atoms with E-state index < -0.39 is 6.10 Å². The van der Waals surface area contributed by atoms with Gasteiger partial charge in [0.15, 0.2) is 0 Å². The molecule has 20 heavy (non-hydrogen) atoms. The van der Waals surface area contributed by atoms with Gasteiger partial charge in [0.25, 0.3) is 0 Å². The van der Waals surface area contributed by atoms with E-state index in [1.165, 1.54) is 4.90 Å². The molecule has 3 unspecified atom stereocenters. The maximum absolute atomic E-state index is 12.2. The number of anilines is 1. The highest BCUT2D eigenvalue weighted by Crippen LogP contribution is 2.40. The van der Waals surface area contributed by atoms with Crippen molar-refractivity contribution in [2.24, 2.45) is 11.8 Å². The summed E-state index contributed by atoms with van der Waals surface area (Å²) in [6.45, 7) is 0.0363. The monoisotopic (exact) mass is 274 g/mol. The van der Waals surface area contributed by atoms with E-state index in [0.29, 0.717) is 11.3 Å². The van der Waals surface area contributed by atoms with E-state index in [9.17, 15) is 14.7 Å². The molecule has 1 aromatic rings. The first-order valence-corrected chi connectivity index (χ1v) is 6.96. The largest absolute Gasteiger partial charge is 0.399 e. The van der Waals surface area contributed by atoms with Crippen LogP contribution in [0.2, 0.25) is 0 Å². The number of benzene rings is 1. The number of carbonyl (C=O) groups excluding carboxylic acids is 2. The number of nitrogens with zero attached hydrogens (tertiary/aromatic N) is 1. The Morgan fingerprint density at radius 2 is 1.70 bits per heavy atom. The summed E-state index contributed by atoms with van der Waals surface area (Å²) in [5, 5.41) is 10.2. The number of rotatable bonds is 3. The number of hydrogen-bond acceptors (Lipinski definition) is 4. The van der Waals surface area contributed by atoms with Gasteiger partial charge in [0.05, 0.1) is 24.5 Å². The average Bonchev–Trinajstić information content (AvgIpc) is 2.99. The molecular weight excluding hydrogens is 256 g/mol. The lowest BCUT2D eigenvalue weighted by molar-refractivity contribution is -0.142. The Hall–Kier alpha value is -1.88. The summed E-state index contributed by atoms with van der Waals surface area (Å²) in [6.07, 6.45) is 1.68. The van der Waals surface area contributed by atoms with Crippen molar-refractivity contribution in [1.29, 1.82) is 0 Å². The molecule has 3 N–H and O–H groups in total. The van der Waals surface area contributed by atoms with Crippen LogP contribution in [0.1, 0.15) is 30.9 Å². The molecule has 1 heterocycles. The molecule has 1 aliphatic heterocycles. The molecular formula is C15H18N2O3. The zero-order valence-corrected chi connectivity index (χ0v) is 11.2. The summed E-state index contributed by atoms with van der Waals surface area (Å²) >= 11 is 0. The molecule has 3 atom stereocenters. The summed E-state index contributed by atoms with van der Waals surface area (Å²) in [4.78, 5) is 25.6. The van der Waals surface area contributed by atoms with E-state index in [1.807, 2.05) is 0 Å². The molecule has 2 amide bonds. The van der Waals surface area contributed by atoms with Crippen molar-refractivity contribution in [1.82, 2.24) is 4.90 Å². The molecule has 2 fully saturated rings. The number of β-amino-alcohol motifs (C(OH)–C–C–N with tert-alkyl or cyclic N) is 1. The van der Waals surface area contributed by atoms with Gasteiger partial charge in [0.1, 0.15) is 0 Å². The lowest BCUT2D eigenvalue weighted by Crippen LogP contribution is -2.35. The predicted octanol–water partition coefficient (Wildman–Crippen LogP) is 1.09. The van der Waals surface area contributed by atoms with Crippen LogP contribution in [0.25, 0.3) is 0 Å². The van der Waals surface area contributed by atoms with Crippen LogP contribution in [-0.2, 0) is 9.59 Å². The van der Waals surface area contributed by atoms with Gasteiger partial charge in [-0.2, -0.15) is 0 Å². The third-order valence-corrected chi connectivity index (χ3v) is 4.36. The number of imide groups is 1. The van der Waals surface area contributed by atoms with E-state index >= 15 is 0 Å². The maximum Gasteiger partial charge on any atom is 0.233 e. The maximum atomic E-state index is 12.2. The molecule has 1 saturated carbocycles. The van der Waals surface area contributed by atoms with Crippen molar-refractivity contribution < 1.29 is 14.7 Å². The van der Waals surface area contributed by atoms with Crippen LogP contribution in [0.3, 0.4) is 0 Å². The second kappa shape index (κ2) is 4.90. The fourth-order valence-electron chi connectivity index (χ4n) is 3.24. The average molecular weight is 274 g/mol. The first kappa shape index (κ1) is 13.1. The lowest BCUT2D eigenvalue weighted by Gasteiger charge is -2.20. The normalized spacial score (nSPS) is 26.9. The fraction of sp³-hybridized carbons (Fsp3) is 0.467. The third kappa shape index (κ3) is 2.08. The highest BCUT2D eigenvalue weighted by Gasteiger charge is 2.49. The summed E-state index contributed by atoms with van der Waals surface area (Å²) in [6, 6.07) is 6.82. The molecule has 106 valence electrons. The molecule has 0 aromatic heterocycles.